The van der Waals surface area contributed by atoms with Crippen molar-refractivity contribution in [2.24, 2.45) is 23.7 Å². The van der Waals surface area contributed by atoms with Crippen LogP contribution in [0.2, 0.25) is 0 Å². The van der Waals surface area contributed by atoms with Crippen molar-refractivity contribution in [2.45, 2.75) is 43.9 Å². The molecule has 11 rings (SSSR count). The van der Waals surface area contributed by atoms with Crippen molar-refractivity contribution in [3.8, 4) is 20.9 Å². The third-order valence-corrected chi connectivity index (χ3v) is 18.1. The first kappa shape index (κ1) is 34.7. The predicted molar refractivity (Wildman–Crippen MR) is 213 cm³/mol. The van der Waals surface area contributed by atoms with Crippen LogP contribution in [0.4, 0.5) is 0 Å². The lowest BCUT2D eigenvalue weighted by atomic mass is 9.59. The van der Waals surface area contributed by atoms with E-state index in [1.165, 1.54) is 0 Å². The van der Waals surface area contributed by atoms with Crippen LogP contribution in [-0.4, -0.2) is 59.9 Å². The maximum atomic E-state index is 8.11. The Balaban J connectivity index is 1.10. The third-order valence-electron chi connectivity index (χ3n) is 13.4. The molecule has 0 N–H and O–H groups in total. The minimum Gasteiger partial charge on any atom is -0.349 e. The minimum atomic E-state index is -1.51. The van der Waals surface area contributed by atoms with Gasteiger partial charge < -0.3 is 18.9 Å². The zero-order valence-corrected chi connectivity index (χ0v) is 34.1. The standard InChI is InChI=1S/C40H32Cl4N4O4S2/c1-49-39(50-2)35(41)21-17-22-24(18-23(21)37(39,43)33-31(35)45-25-11-9-19(15-27(25)47-33)29-7-5-13-53-29)38(44)34-32(36(22,42)40(38,51-3)52-4)46-26-12-10-20(16-28(26)48-34)30-8-6-14-54-30/h5-16,21-24H,17-18H2,1-4H3. The molecular formula is C40H32Cl4N4O4S2. The molecule has 0 radical (unpaired) electrons. The van der Waals surface area contributed by atoms with Gasteiger partial charge in [0.2, 0.25) is 11.6 Å². The Hall–Kier alpha value is -2.48. The molecule has 0 spiro atoms. The molecule has 3 saturated carbocycles. The summed E-state index contributed by atoms with van der Waals surface area (Å²) in [5.41, 5.74) is 7.16. The number of fused-ring (bicyclic) bond motifs is 18. The average molecular weight is 839 g/mol. The van der Waals surface area contributed by atoms with Gasteiger partial charge in [-0.25, -0.2) is 19.9 Å². The highest BCUT2D eigenvalue weighted by Crippen LogP contribution is 2.84. The first-order valence-corrected chi connectivity index (χ1v) is 21.0. The molecule has 276 valence electrons. The molecule has 0 aliphatic heterocycles. The van der Waals surface area contributed by atoms with Crippen molar-refractivity contribution in [1.82, 2.24) is 19.9 Å². The molecule has 0 amide bonds. The largest absolute Gasteiger partial charge is 0.349 e. The lowest BCUT2D eigenvalue weighted by molar-refractivity contribution is -0.241. The number of halogens is 4. The Morgan fingerprint density at radius 3 is 1.13 bits per heavy atom. The zero-order chi connectivity index (χ0) is 37.2. The summed E-state index contributed by atoms with van der Waals surface area (Å²) in [6.45, 7) is 0. The van der Waals surface area contributed by atoms with E-state index in [0.29, 0.717) is 57.7 Å². The van der Waals surface area contributed by atoms with Crippen LogP contribution < -0.4 is 0 Å². The van der Waals surface area contributed by atoms with E-state index in [9.17, 15) is 0 Å². The van der Waals surface area contributed by atoms with E-state index >= 15 is 0 Å². The molecule has 8 unspecified atom stereocenters. The van der Waals surface area contributed by atoms with Crippen LogP contribution in [0.5, 0.6) is 0 Å². The number of nitrogens with zero attached hydrogens (tertiary/aromatic N) is 4. The van der Waals surface area contributed by atoms with Crippen molar-refractivity contribution in [3.05, 3.63) is 94.2 Å². The molecule has 4 heterocycles. The number of aromatic nitrogens is 4. The topological polar surface area (TPSA) is 88.5 Å². The van der Waals surface area contributed by atoms with Gasteiger partial charge in [0, 0.05) is 38.2 Å². The summed E-state index contributed by atoms with van der Waals surface area (Å²) in [5.74, 6) is -4.28. The second kappa shape index (κ2) is 11.1. The van der Waals surface area contributed by atoms with E-state index in [1.54, 1.807) is 51.1 Å². The van der Waals surface area contributed by atoms with Crippen LogP contribution in [0, 0.1) is 23.7 Å². The molecule has 3 fully saturated rings. The van der Waals surface area contributed by atoms with Crippen LogP contribution in [0.1, 0.15) is 35.6 Å². The Morgan fingerprint density at radius 1 is 0.500 bits per heavy atom. The van der Waals surface area contributed by atoms with Gasteiger partial charge in [0.25, 0.3) is 0 Å². The molecule has 8 atom stereocenters. The summed E-state index contributed by atoms with van der Waals surface area (Å²) in [6, 6.07) is 20.4. The maximum absolute atomic E-state index is 8.11. The summed E-state index contributed by atoms with van der Waals surface area (Å²) in [4.78, 5) is 17.9. The molecule has 4 bridgehead atoms. The van der Waals surface area contributed by atoms with E-state index in [2.05, 4.69) is 35.0 Å². The zero-order valence-electron chi connectivity index (χ0n) is 29.4. The minimum absolute atomic E-state index is 0.311. The van der Waals surface area contributed by atoms with Gasteiger partial charge in [-0.15, -0.1) is 69.1 Å². The van der Waals surface area contributed by atoms with E-state index in [4.69, 9.17) is 85.3 Å². The third kappa shape index (κ3) is 3.54. The molecule has 6 aromatic rings. The Kier molecular flexibility index (Phi) is 7.16. The van der Waals surface area contributed by atoms with Crippen molar-refractivity contribution in [1.29, 1.82) is 0 Å². The summed E-state index contributed by atoms with van der Waals surface area (Å²) < 4.78 is 25.6. The van der Waals surface area contributed by atoms with Crippen LogP contribution >= 0.6 is 69.1 Å². The molecular weight excluding hydrogens is 806 g/mol. The quantitative estimate of drug-likeness (QED) is 0.121. The summed E-state index contributed by atoms with van der Waals surface area (Å²) >= 11 is 35.7. The predicted octanol–water partition coefficient (Wildman–Crippen LogP) is 9.76. The lowest BCUT2D eigenvalue weighted by Gasteiger charge is -2.49. The molecule has 5 aliphatic carbocycles. The summed E-state index contributed by atoms with van der Waals surface area (Å²) in [7, 11) is 6.36. The van der Waals surface area contributed by atoms with Gasteiger partial charge in [-0.2, -0.15) is 0 Å². The number of rotatable bonds is 6. The summed E-state index contributed by atoms with van der Waals surface area (Å²) in [5, 5.41) is 4.11. The van der Waals surface area contributed by atoms with E-state index < -0.39 is 31.1 Å². The molecule has 4 aromatic heterocycles. The van der Waals surface area contributed by atoms with E-state index in [-0.39, 0.29) is 23.7 Å². The highest BCUT2D eigenvalue weighted by Gasteiger charge is 2.91. The van der Waals surface area contributed by atoms with Crippen molar-refractivity contribution in [2.75, 3.05) is 28.4 Å². The number of benzene rings is 2. The Morgan fingerprint density at radius 2 is 0.833 bits per heavy atom. The number of hydrogen-bond donors (Lipinski definition) is 0. The number of thiophene rings is 2. The number of alkyl halides is 4. The normalized spacial score (nSPS) is 34.7. The number of methoxy groups -OCH3 is 4. The average Bonchev–Trinajstić information content (AvgIpc) is 4.03. The fourth-order valence-corrected chi connectivity index (χ4v) is 15.7. The van der Waals surface area contributed by atoms with Crippen molar-refractivity contribution >= 4 is 91.1 Å². The number of ether oxygens (including phenoxy) is 4. The number of hydrogen-bond acceptors (Lipinski definition) is 10. The van der Waals surface area contributed by atoms with Crippen molar-refractivity contribution < 1.29 is 18.9 Å². The van der Waals surface area contributed by atoms with Gasteiger partial charge in [-0.1, -0.05) is 24.3 Å². The van der Waals surface area contributed by atoms with Gasteiger partial charge in [0.1, 0.15) is 19.5 Å². The van der Waals surface area contributed by atoms with Crippen LogP contribution in [0.15, 0.2) is 71.4 Å². The fourth-order valence-electron chi connectivity index (χ4n) is 11.5. The molecule has 14 heteroatoms. The SMILES string of the molecule is COC1(OC)C2(Cl)c3nc4ccc(-c5cccs5)cc4nc3C1(Cl)C1CC3C(CC12)C1(Cl)c2nc4ccc(-c5cccs5)cc4nc2C3(Cl)C1(OC)OC. The second-order valence-corrected chi connectivity index (χ2v) is 19.3. The summed E-state index contributed by atoms with van der Waals surface area (Å²) in [6.07, 6.45) is 0.970. The van der Waals surface area contributed by atoms with Gasteiger partial charge in [0.15, 0.2) is 0 Å². The lowest BCUT2D eigenvalue weighted by Crippen LogP contribution is -2.54. The van der Waals surface area contributed by atoms with Crippen molar-refractivity contribution in [3.63, 3.8) is 0 Å². The van der Waals surface area contributed by atoms with Gasteiger partial charge in [0.05, 0.1) is 44.8 Å². The van der Waals surface area contributed by atoms with E-state index in [1.807, 2.05) is 36.4 Å². The first-order chi connectivity index (χ1) is 26.0. The Bertz CT molecular complexity index is 2380. The first-order valence-electron chi connectivity index (χ1n) is 17.7. The van der Waals surface area contributed by atoms with Crippen LogP contribution in [0.25, 0.3) is 42.9 Å². The molecule has 2 aromatic carbocycles. The molecule has 54 heavy (non-hydrogen) atoms. The Labute approximate surface area is 339 Å². The van der Waals surface area contributed by atoms with Crippen LogP contribution in [0.3, 0.4) is 0 Å². The smallest absolute Gasteiger partial charge is 0.219 e. The molecule has 5 aliphatic rings. The van der Waals surface area contributed by atoms with E-state index in [0.717, 1.165) is 20.9 Å². The van der Waals surface area contributed by atoms with Gasteiger partial charge in [-0.05, 0) is 94.8 Å². The molecule has 8 nitrogen and oxygen atoms in total. The van der Waals surface area contributed by atoms with Gasteiger partial charge in [-0.3, -0.25) is 0 Å². The molecule has 0 saturated heterocycles. The monoisotopic (exact) mass is 836 g/mol. The van der Waals surface area contributed by atoms with Crippen LogP contribution in [-0.2, 0) is 38.4 Å². The second-order valence-electron chi connectivity index (χ2n) is 15.0. The fraction of sp³-hybridized carbons (Fsp3) is 0.400. The maximum Gasteiger partial charge on any atom is 0.219 e. The van der Waals surface area contributed by atoms with Gasteiger partial charge >= 0.3 is 0 Å². The highest BCUT2D eigenvalue weighted by atomic mass is 35.5. The highest BCUT2D eigenvalue weighted by molar-refractivity contribution is 7.13.